The van der Waals surface area contributed by atoms with Crippen molar-refractivity contribution in [2.75, 3.05) is 6.61 Å². The lowest BCUT2D eigenvalue weighted by atomic mass is 9.98. The molecule has 0 saturated carbocycles. The molecule has 0 amide bonds. The average Bonchev–Trinajstić information content (AvgIpc) is 2.88. The molecule has 6 nitrogen and oxygen atoms in total. The number of hydrogen-bond donors (Lipinski definition) is 2. The van der Waals surface area contributed by atoms with Crippen molar-refractivity contribution < 1.29 is 29.2 Å². The van der Waals surface area contributed by atoms with E-state index >= 15 is 0 Å². The molecule has 2 N–H and O–H groups in total. The van der Waals surface area contributed by atoms with Crippen molar-refractivity contribution in [2.24, 2.45) is 0 Å². The second-order valence-electron chi connectivity index (χ2n) is 8.04. The predicted octanol–water partition coefficient (Wildman–Crippen LogP) is 3.45. The fourth-order valence-electron chi connectivity index (χ4n) is 3.83. The van der Waals surface area contributed by atoms with Gasteiger partial charge in [-0.05, 0) is 16.7 Å². The lowest BCUT2D eigenvalue weighted by Gasteiger charge is -2.43. The van der Waals surface area contributed by atoms with Gasteiger partial charge >= 0.3 is 0 Å². The summed E-state index contributed by atoms with van der Waals surface area (Å²) in [5.41, 5.74) is 2.94. The van der Waals surface area contributed by atoms with Gasteiger partial charge in [-0.1, -0.05) is 91.0 Å². The summed E-state index contributed by atoms with van der Waals surface area (Å²) in [4.78, 5) is 0. The average molecular weight is 451 g/mol. The van der Waals surface area contributed by atoms with Gasteiger partial charge in [-0.2, -0.15) is 0 Å². The molecule has 174 valence electrons. The predicted molar refractivity (Wildman–Crippen MR) is 123 cm³/mol. The van der Waals surface area contributed by atoms with Crippen LogP contribution in [0.4, 0.5) is 0 Å². The van der Waals surface area contributed by atoms with Gasteiger partial charge in [-0.3, -0.25) is 0 Å². The van der Waals surface area contributed by atoms with E-state index in [0.29, 0.717) is 13.2 Å². The summed E-state index contributed by atoms with van der Waals surface area (Å²) in [5, 5.41) is 20.8. The zero-order valence-electron chi connectivity index (χ0n) is 18.4. The zero-order valence-corrected chi connectivity index (χ0v) is 18.4. The SMILES string of the molecule is OC[C@@H]1O[C@@H](OCc2ccccc2)[C@H](OCc2ccccc2)[C@@H](OCc2ccccc2)[C@H]1O. The highest BCUT2D eigenvalue weighted by Crippen LogP contribution is 2.29. The Kier molecular flexibility index (Phi) is 8.60. The van der Waals surface area contributed by atoms with Gasteiger partial charge in [0.2, 0.25) is 0 Å². The number of hydrogen-bond acceptors (Lipinski definition) is 6. The lowest BCUT2D eigenvalue weighted by Crippen LogP contribution is -2.60. The van der Waals surface area contributed by atoms with Crippen molar-refractivity contribution in [3.63, 3.8) is 0 Å². The van der Waals surface area contributed by atoms with Crippen molar-refractivity contribution in [2.45, 2.75) is 50.5 Å². The number of ether oxygens (including phenoxy) is 4. The molecule has 0 spiro atoms. The van der Waals surface area contributed by atoms with Crippen molar-refractivity contribution in [3.05, 3.63) is 108 Å². The second-order valence-corrected chi connectivity index (χ2v) is 8.04. The Balaban J connectivity index is 1.52. The number of aliphatic hydroxyl groups excluding tert-OH is 2. The van der Waals surface area contributed by atoms with Gasteiger partial charge in [0.25, 0.3) is 0 Å². The van der Waals surface area contributed by atoms with Crippen LogP contribution < -0.4 is 0 Å². The standard InChI is InChI=1S/C27H30O6/c28-16-23-24(29)25(30-17-20-10-4-1-5-11-20)26(31-18-21-12-6-2-7-13-21)27(33-23)32-19-22-14-8-3-9-15-22/h1-15,23-29H,16-19H2/t23-,24-,25-,26+,27+/m0/s1. The second kappa shape index (κ2) is 12.0. The summed E-state index contributed by atoms with van der Waals surface area (Å²) in [6.45, 7) is 0.540. The number of rotatable bonds is 10. The van der Waals surface area contributed by atoms with Gasteiger partial charge in [-0.25, -0.2) is 0 Å². The Morgan fingerprint density at radius 2 is 1.03 bits per heavy atom. The van der Waals surface area contributed by atoms with E-state index in [0.717, 1.165) is 16.7 Å². The maximum absolute atomic E-state index is 10.9. The minimum Gasteiger partial charge on any atom is -0.394 e. The maximum atomic E-state index is 10.9. The number of benzene rings is 3. The van der Waals surface area contributed by atoms with Crippen molar-refractivity contribution in [1.82, 2.24) is 0 Å². The molecule has 1 aliphatic heterocycles. The fraction of sp³-hybridized carbons (Fsp3) is 0.333. The van der Waals surface area contributed by atoms with Gasteiger partial charge in [-0.15, -0.1) is 0 Å². The molecule has 1 aliphatic rings. The highest BCUT2D eigenvalue weighted by molar-refractivity contribution is 5.15. The molecular weight excluding hydrogens is 420 g/mol. The van der Waals surface area contributed by atoms with Crippen molar-refractivity contribution in [1.29, 1.82) is 0 Å². The van der Waals surface area contributed by atoms with E-state index in [2.05, 4.69) is 0 Å². The molecule has 3 aromatic rings. The summed E-state index contributed by atoms with van der Waals surface area (Å²) < 4.78 is 24.4. The van der Waals surface area contributed by atoms with Crippen LogP contribution >= 0.6 is 0 Å². The van der Waals surface area contributed by atoms with Crippen LogP contribution in [0.15, 0.2) is 91.0 Å². The third-order valence-electron chi connectivity index (χ3n) is 5.63. The first-order valence-corrected chi connectivity index (χ1v) is 11.2. The van der Waals surface area contributed by atoms with E-state index in [1.807, 2.05) is 91.0 Å². The van der Waals surface area contributed by atoms with Crippen LogP contribution in [0, 0.1) is 0 Å². The normalized spacial score (nSPS) is 25.1. The monoisotopic (exact) mass is 450 g/mol. The van der Waals surface area contributed by atoms with E-state index in [4.69, 9.17) is 18.9 Å². The molecule has 6 heteroatoms. The van der Waals surface area contributed by atoms with Gasteiger partial charge in [0.05, 0.1) is 26.4 Å². The smallest absolute Gasteiger partial charge is 0.187 e. The fourth-order valence-corrected chi connectivity index (χ4v) is 3.83. The lowest BCUT2D eigenvalue weighted by molar-refractivity contribution is -0.322. The summed E-state index contributed by atoms with van der Waals surface area (Å²) in [6, 6.07) is 29.2. The highest BCUT2D eigenvalue weighted by atomic mass is 16.7. The van der Waals surface area contributed by atoms with E-state index in [-0.39, 0.29) is 13.2 Å². The first-order valence-electron chi connectivity index (χ1n) is 11.2. The largest absolute Gasteiger partial charge is 0.394 e. The van der Waals surface area contributed by atoms with E-state index < -0.39 is 30.7 Å². The molecule has 5 atom stereocenters. The van der Waals surface area contributed by atoms with E-state index in [9.17, 15) is 10.2 Å². The molecule has 4 rings (SSSR count). The molecule has 1 heterocycles. The molecule has 3 aromatic carbocycles. The minimum absolute atomic E-state index is 0.289. The van der Waals surface area contributed by atoms with Crippen LogP contribution in [0.1, 0.15) is 16.7 Å². The molecule has 33 heavy (non-hydrogen) atoms. The van der Waals surface area contributed by atoms with Crippen LogP contribution in [0.3, 0.4) is 0 Å². The van der Waals surface area contributed by atoms with Crippen molar-refractivity contribution in [3.8, 4) is 0 Å². The van der Waals surface area contributed by atoms with Crippen LogP contribution in [-0.2, 0) is 38.8 Å². The summed E-state index contributed by atoms with van der Waals surface area (Å²) in [5.74, 6) is 0. The molecular formula is C27H30O6. The molecule has 0 radical (unpaired) electrons. The topological polar surface area (TPSA) is 77.4 Å². The third-order valence-corrected chi connectivity index (χ3v) is 5.63. The summed E-state index contributed by atoms with van der Waals surface area (Å²) in [7, 11) is 0. The van der Waals surface area contributed by atoms with Crippen molar-refractivity contribution >= 4 is 0 Å². The van der Waals surface area contributed by atoms with Gasteiger partial charge in [0.1, 0.15) is 24.4 Å². The Morgan fingerprint density at radius 1 is 0.606 bits per heavy atom. The first kappa shape index (κ1) is 23.6. The first-order chi connectivity index (χ1) is 16.2. The molecule has 0 bridgehead atoms. The Labute approximate surface area is 194 Å². The van der Waals surface area contributed by atoms with Crippen LogP contribution in [0.5, 0.6) is 0 Å². The van der Waals surface area contributed by atoms with E-state index in [1.165, 1.54) is 0 Å². The summed E-state index contributed by atoms with van der Waals surface area (Å²) in [6.07, 6.45) is -4.19. The third kappa shape index (κ3) is 6.48. The maximum Gasteiger partial charge on any atom is 0.187 e. The number of aliphatic hydroxyl groups is 2. The Hall–Kier alpha value is -2.58. The minimum atomic E-state index is -1.07. The van der Waals surface area contributed by atoms with Crippen LogP contribution in [-0.4, -0.2) is 47.5 Å². The molecule has 1 saturated heterocycles. The van der Waals surface area contributed by atoms with Gasteiger partial charge < -0.3 is 29.2 Å². The quantitative estimate of drug-likeness (QED) is 0.493. The van der Waals surface area contributed by atoms with E-state index in [1.54, 1.807) is 0 Å². The molecule has 0 unspecified atom stereocenters. The highest BCUT2D eigenvalue weighted by Gasteiger charge is 2.47. The van der Waals surface area contributed by atoms with Gasteiger partial charge in [0, 0.05) is 0 Å². The van der Waals surface area contributed by atoms with Crippen LogP contribution in [0.2, 0.25) is 0 Å². The molecule has 0 aromatic heterocycles. The van der Waals surface area contributed by atoms with Crippen LogP contribution in [0.25, 0.3) is 0 Å². The zero-order chi connectivity index (χ0) is 22.9. The van der Waals surface area contributed by atoms with Gasteiger partial charge in [0.15, 0.2) is 6.29 Å². The molecule has 1 fully saturated rings. The molecule has 0 aliphatic carbocycles. The Bertz CT molecular complexity index is 937. The Morgan fingerprint density at radius 3 is 1.48 bits per heavy atom. The summed E-state index contributed by atoms with van der Waals surface area (Å²) >= 11 is 0.